The van der Waals surface area contributed by atoms with Crippen molar-refractivity contribution in [1.29, 1.82) is 0 Å². The van der Waals surface area contributed by atoms with E-state index in [0.29, 0.717) is 31.3 Å². The zero-order valence-corrected chi connectivity index (χ0v) is 9.93. The van der Waals surface area contributed by atoms with Crippen LogP contribution in [0.25, 0.3) is 0 Å². The molecule has 3 unspecified atom stereocenters. The molecule has 1 aliphatic rings. The van der Waals surface area contributed by atoms with Crippen LogP contribution in [0.1, 0.15) is 32.6 Å². The van der Waals surface area contributed by atoms with Crippen molar-refractivity contribution in [3.8, 4) is 0 Å². The van der Waals surface area contributed by atoms with E-state index in [9.17, 15) is 9.59 Å². The Labute approximate surface area is 100 Å². The molecular formula is C12H19NO4. The number of allylic oxidation sites excluding steroid dienone is 1. The van der Waals surface area contributed by atoms with Gasteiger partial charge in [-0.2, -0.15) is 0 Å². The van der Waals surface area contributed by atoms with Crippen LogP contribution < -0.4 is 5.73 Å². The Morgan fingerprint density at radius 2 is 2.18 bits per heavy atom. The van der Waals surface area contributed by atoms with Crippen molar-refractivity contribution in [2.75, 3.05) is 0 Å². The molecule has 96 valence electrons. The molecular weight excluding hydrogens is 222 g/mol. The van der Waals surface area contributed by atoms with Gasteiger partial charge in [-0.05, 0) is 38.5 Å². The van der Waals surface area contributed by atoms with Crippen LogP contribution in [-0.4, -0.2) is 28.2 Å². The molecule has 0 radical (unpaired) electrons. The number of rotatable bonds is 5. The highest BCUT2D eigenvalue weighted by Gasteiger charge is 2.31. The highest BCUT2D eigenvalue weighted by molar-refractivity contribution is 5.88. The number of hydrogen-bond donors (Lipinski definition) is 3. The smallest absolute Gasteiger partial charge is 0.331 e. The summed E-state index contributed by atoms with van der Waals surface area (Å²) < 4.78 is 0. The fraction of sp³-hybridized carbons (Fsp3) is 0.667. The summed E-state index contributed by atoms with van der Waals surface area (Å²) in [4.78, 5) is 22.0. The van der Waals surface area contributed by atoms with Crippen molar-refractivity contribution in [3.05, 3.63) is 11.6 Å². The maximum atomic E-state index is 11.0. The van der Waals surface area contributed by atoms with Crippen molar-refractivity contribution in [3.63, 3.8) is 0 Å². The second-order valence-corrected chi connectivity index (χ2v) is 4.72. The summed E-state index contributed by atoms with van der Waals surface area (Å²) >= 11 is 0. The Kier molecular flexibility index (Phi) is 4.69. The van der Waals surface area contributed by atoms with Gasteiger partial charge in [0.15, 0.2) is 0 Å². The van der Waals surface area contributed by atoms with Crippen molar-refractivity contribution in [2.24, 2.45) is 17.6 Å². The molecule has 0 fully saturated rings. The number of hydrogen-bond acceptors (Lipinski definition) is 3. The predicted octanol–water partition coefficient (Wildman–Crippen LogP) is 1.24. The van der Waals surface area contributed by atoms with Crippen LogP contribution >= 0.6 is 0 Å². The summed E-state index contributed by atoms with van der Waals surface area (Å²) in [7, 11) is 0. The summed E-state index contributed by atoms with van der Waals surface area (Å²) in [5.74, 6) is -2.44. The van der Waals surface area contributed by atoms with Crippen molar-refractivity contribution in [2.45, 2.75) is 38.6 Å². The molecule has 0 aromatic rings. The molecule has 0 heterocycles. The van der Waals surface area contributed by atoms with Gasteiger partial charge < -0.3 is 15.9 Å². The van der Waals surface area contributed by atoms with Crippen molar-refractivity contribution >= 4 is 11.9 Å². The van der Waals surface area contributed by atoms with Gasteiger partial charge in [0, 0.05) is 11.6 Å². The van der Waals surface area contributed by atoms with Crippen LogP contribution in [-0.2, 0) is 9.59 Å². The van der Waals surface area contributed by atoms with E-state index in [1.807, 2.05) is 6.92 Å². The molecule has 5 nitrogen and oxygen atoms in total. The molecule has 0 saturated heterocycles. The van der Waals surface area contributed by atoms with Gasteiger partial charge >= 0.3 is 11.9 Å². The minimum atomic E-state index is -0.941. The highest BCUT2D eigenvalue weighted by Crippen LogP contribution is 2.33. The summed E-state index contributed by atoms with van der Waals surface area (Å²) in [6, 6.07) is 0.00949. The highest BCUT2D eigenvalue weighted by atomic mass is 16.4. The first-order chi connectivity index (χ1) is 7.91. The Morgan fingerprint density at radius 3 is 2.65 bits per heavy atom. The van der Waals surface area contributed by atoms with E-state index in [-0.39, 0.29) is 12.0 Å². The van der Waals surface area contributed by atoms with E-state index < -0.39 is 17.9 Å². The molecule has 4 N–H and O–H groups in total. The fourth-order valence-electron chi connectivity index (χ4n) is 2.20. The third-order valence-corrected chi connectivity index (χ3v) is 3.20. The topological polar surface area (TPSA) is 101 Å². The van der Waals surface area contributed by atoms with Gasteiger partial charge in [0.25, 0.3) is 0 Å². The summed E-state index contributed by atoms with van der Waals surface area (Å²) in [6.45, 7) is 1.86. The van der Waals surface area contributed by atoms with Crippen molar-refractivity contribution < 1.29 is 19.8 Å². The maximum absolute atomic E-state index is 11.0. The van der Waals surface area contributed by atoms with Crippen LogP contribution in [0.4, 0.5) is 0 Å². The van der Waals surface area contributed by atoms with Crippen molar-refractivity contribution in [1.82, 2.24) is 0 Å². The SMILES string of the molecule is CC(N)CCC1CC(C(=O)O)CC=C1C(=O)O. The van der Waals surface area contributed by atoms with E-state index >= 15 is 0 Å². The van der Waals surface area contributed by atoms with E-state index in [1.165, 1.54) is 0 Å². The van der Waals surface area contributed by atoms with E-state index in [2.05, 4.69) is 0 Å². The van der Waals surface area contributed by atoms with E-state index in [4.69, 9.17) is 15.9 Å². The lowest BCUT2D eigenvalue weighted by atomic mass is 9.78. The Bertz CT molecular complexity index is 335. The number of nitrogens with two attached hydrogens (primary N) is 1. The van der Waals surface area contributed by atoms with Gasteiger partial charge in [0.05, 0.1) is 5.92 Å². The molecule has 0 bridgehead atoms. The number of aliphatic carboxylic acids is 2. The van der Waals surface area contributed by atoms with Crippen LogP contribution in [0.3, 0.4) is 0 Å². The zero-order chi connectivity index (χ0) is 13.0. The molecule has 0 aliphatic heterocycles. The van der Waals surface area contributed by atoms with Crippen LogP contribution in [0.2, 0.25) is 0 Å². The molecule has 1 aliphatic carbocycles. The summed E-state index contributed by atoms with van der Waals surface area (Å²) in [6.07, 6.45) is 3.61. The molecule has 5 heteroatoms. The second kappa shape index (κ2) is 5.82. The molecule has 3 atom stereocenters. The fourth-order valence-corrected chi connectivity index (χ4v) is 2.20. The number of carbonyl (C=O) groups is 2. The Morgan fingerprint density at radius 1 is 1.53 bits per heavy atom. The van der Waals surface area contributed by atoms with Gasteiger partial charge in [-0.25, -0.2) is 4.79 Å². The van der Waals surface area contributed by atoms with Gasteiger partial charge in [0.2, 0.25) is 0 Å². The van der Waals surface area contributed by atoms with E-state index in [1.54, 1.807) is 6.08 Å². The monoisotopic (exact) mass is 241 g/mol. The quantitative estimate of drug-likeness (QED) is 0.672. The first-order valence-corrected chi connectivity index (χ1v) is 5.83. The lowest BCUT2D eigenvalue weighted by molar-refractivity contribution is -0.143. The molecule has 0 saturated carbocycles. The second-order valence-electron chi connectivity index (χ2n) is 4.72. The standard InChI is InChI=1S/C12H19NO4/c1-7(13)2-3-8-6-9(11(14)15)4-5-10(8)12(16)17/h5,7-9H,2-4,6,13H2,1H3,(H,14,15)(H,16,17). The van der Waals surface area contributed by atoms with Gasteiger partial charge in [0.1, 0.15) is 0 Å². The summed E-state index contributed by atoms with van der Waals surface area (Å²) in [5.41, 5.74) is 5.99. The molecule has 0 aromatic heterocycles. The summed E-state index contributed by atoms with van der Waals surface area (Å²) in [5, 5.41) is 18.0. The number of carboxylic acid groups (broad SMARTS) is 2. The van der Waals surface area contributed by atoms with Gasteiger partial charge in [-0.1, -0.05) is 6.08 Å². The average molecular weight is 241 g/mol. The molecule has 0 aromatic carbocycles. The zero-order valence-electron chi connectivity index (χ0n) is 9.93. The van der Waals surface area contributed by atoms with E-state index in [0.717, 1.165) is 0 Å². The van der Waals surface area contributed by atoms with Crippen LogP contribution in [0, 0.1) is 11.8 Å². The minimum absolute atomic E-state index is 0.00949. The molecule has 0 spiro atoms. The largest absolute Gasteiger partial charge is 0.481 e. The van der Waals surface area contributed by atoms with Gasteiger partial charge in [-0.15, -0.1) is 0 Å². The normalized spacial score (nSPS) is 26.1. The predicted molar refractivity (Wildman–Crippen MR) is 62.5 cm³/mol. The third kappa shape index (κ3) is 3.85. The maximum Gasteiger partial charge on any atom is 0.331 e. The lowest BCUT2D eigenvalue weighted by Crippen LogP contribution is -2.27. The molecule has 0 amide bonds. The van der Waals surface area contributed by atoms with Crippen LogP contribution in [0.15, 0.2) is 11.6 Å². The minimum Gasteiger partial charge on any atom is -0.481 e. The number of carboxylic acids is 2. The average Bonchev–Trinajstić information content (AvgIpc) is 2.25. The lowest BCUT2D eigenvalue weighted by Gasteiger charge is -2.26. The first kappa shape index (κ1) is 13.7. The Balaban J connectivity index is 2.73. The molecule has 1 rings (SSSR count). The van der Waals surface area contributed by atoms with Crippen LogP contribution in [0.5, 0.6) is 0 Å². The Hall–Kier alpha value is -1.36. The first-order valence-electron chi connectivity index (χ1n) is 5.83. The molecule has 17 heavy (non-hydrogen) atoms. The third-order valence-electron chi connectivity index (χ3n) is 3.20. The van der Waals surface area contributed by atoms with Gasteiger partial charge in [-0.3, -0.25) is 4.79 Å².